The molecule has 2 aromatic rings. The molecule has 2 aromatic carbocycles. The fraction of sp³-hybridized carbons (Fsp3) is 0.348. The maximum Gasteiger partial charge on any atom is 0.201 e. The van der Waals surface area contributed by atoms with Gasteiger partial charge in [-0.3, -0.25) is 4.79 Å². The number of aryl methyl sites for hydroxylation is 2. The molecule has 4 atom stereocenters. The Labute approximate surface area is 166 Å². The zero-order valence-electron chi connectivity index (χ0n) is 16.0. The molecule has 29 heavy (non-hydrogen) atoms. The molecule has 2 bridgehead atoms. The summed E-state index contributed by atoms with van der Waals surface area (Å²) in [7, 11) is 0. The van der Waals surface area contributed by atoms with Gasteiger partial charge in [0.05, 0.1) is 29.6 Å². The van der Waals surface area contributed by atoms with E-state index in [-0.39, 0.29) is 41.3 Å². The van der Waals surface area contributed by atoms with Gasteiger partial charge in [0.15, 0.2) is 17.3 Å². The minimum atomic E-state index is -1.05. The van der Waals surface area contributed by atoms with Crippen LogP contribution in [0, 0.1) is 37.3 Å². The fourth-order valence-corrected chi connectivity index (χ4v) is 5.14. The molecule has 0 radical (unpaired) electrons. The van der Waals surface area contributed by atoms with Crippen LogP contribution in [0.2, 0.25) is 0 Å². The third-order valence-electron chi connectivity index (χ3n) is 6.29. The van der Waals surface area contributed by atoms with Crippen LogP contribution in [0.25, 0.3) is 5.57 Å². The van der Waals surface area contributed by atoms with Gasteiger partial charge in [0.2, 0.25) is 5.82 Å². The molecule has 4 nitrogen and oxygen atoms in total. The number of benzene rings is 2. The van der Waals surface area contributed by atoms with Crippen molar-refractivity contribution in [2.75, 3.05) is 0 Å². The number of aliphatic hydroxyl groups is 1. The molecule has 0 amide bonds. The Kier molecular flexibility index (Phi) is 4.03. The van der Waals surface area contributed by atoms with Gasteiger partial charge in [0.25, 0.3) is 0 Å². The molecule has 2 unspecified atom stereocenters. The summed E-state index contributed by atoms with van der Waals surface area (Å²) in [6.07, 6.45) is 1.50. The SMILES string of the molecule is Cc1cc(Oc2cccc(F)c2F)cc(C)c1C1=C(O)[C@@H]2C3CCC(O3)[C@@H]2C1=O. The van der Waals surface area contributed by atoms with Crippen LogP contribution in [0.1, 0.15) is 29.5 Å². The minimum absolute atomic E-state index is 0.0734. The van der Waals surface area contributed by atoms with Crippen molar-refractivity contribution < 1.29 is 28.2 Å². The summed E-state index contributed by atoms with van der Waals surface area (Å²) in [5.74, 6) is -2.43. The number of fused-ring (bicyclic) bond motifs is 5. The maximum atomic E-state index is 13.9. The van der Waals surface area contributed by atoms with E-state index in [9.17, 15) is 18.7 Å². The average Bonchev–Trinajstić information content (AvgIpc) is 3.34. The highest BCUT2D eigenvalue weighted by Gasteiger charge is 2.59. The van der Waals surface area contributed by atoms with Crippen molar-refractivity contribution >= 4 is 11.4 Å². The van der Waals surface area contributed by atoms with Crippen LogP contribution in [-0.4, -0.2) is 23.1 Å². The summed E-state index contributed by atoms with van der Waals surface area (Å²) in [5, 5.41) is 10.9. The van der Waals surface area contributed by atoms with E-state index < -0.39 is 11.6 Å². The Hall–Kier alpha value is -2.73. The Bertz CT molecular complexity index is 1050. The van der Waals surface area contributed by atoms with E-state index in [2.05, 4.69) is 0 Å². The van der Waals surface area contributed by atoms with E-state index >= 15 is 0 Å². The highest BCUT2D eigenvalue weighted by molar-refractivity contribution is 6.26. The van der Waals surface area contributed by atoms with Gasteiger partial charge in [0.1, 0.15) is 11.5 Å². The minimum Gasteiger partial charge on any atom is -0.511 e. The summed E-state index contributed by atoms with van der Waals surface area (Å²) in [5.41, 5.74) is 2.48. The first-order valence-electron chi connectivity index (χ1n) is 9.73. The van der Waals surface area contributed by atoms with E-state index in [4.69, 9.17) is 9.47 Å². The molecule has 2 aliphatic heterocycles. The van der Waals surface area contributed by atoms with Crippen molar-refractivity contribution in [2.24, 2.45) is 11.8 Å². The molecule has 0 saturated carbocycles. The molecule has 0 spiro atoms. The third kappa shape index (κ3) is 2.62. The monoisotopic (exact) mass is 398 g/mol. The summed E-state index contributed by atoms with van der Waals surface area (Å²) in [4.78, 5) is 13.1. The van der Waals surface area contributed by atoms with Crippen LogP contribution < -0.4 is 4.74 Å². The van der Waals surface area contributed by atoms with Gasteiger partial charge >= 0.3 is 0 Å². The zero-order chi connectivity index (χ0) is 20.4. The lowest BCUT2D eigenvalue weighted by atomic mass is 9.80. The zero-order valence-corrected chi connectivity index (χ0v) is 16.0. The average molecular weight is 398 g/mol. The lowest BCUT2D eigenvalue weighted by molar-refractivity contribution is -0.118. The molecule has 150 valence electrons. The van der Waals surface area contributed by atoms with Gasteiger partial charge in [-0.05, 0) is 67.6 Å². The third-order valence-corrected chi connectivity index (χ3v) is 6.29. The Morgan fingerprint density at radius 3 is 2.38 bits per heavy atom. The highest BCUT2D eigenvalue weighted by atomic mass is 19.2. The van der Waals surface area contributed by atoms with E-state index in [0.717, 1.165) is 30.0 Å². The normalized spacial score (nSPS) is 27.7. The molecule has 2 fully saturated rings. The first-order chi connectivity index (χ1) is 13.9. The van der Waals surface area contributed by atoms with E-state index in [1.54, 1.807) is 12.1 Å². The molecule has 5 rings (SSSR count). The standard InChI is InChI=1S/C23H20F2O4/c1-10-8-12(28-16-5-3-4-13(24)21(16)25)9-11(2)17(10)20-22(26)18-14-6-7-15(29-14)19(18)23(20)27/h3-5,8-9,14-15,18-19,26H,6-7H2,1-2H3/t14?,15?,18-,19+/m1/s1. The first kappa shape index (κ1) is 18.3. The second-order valence-corrected chi connectivity index (χ2v) is 8.05. The molecule has 2 saturated heterocycles. The highest BCUT2D eigenvalue weighted by Crippen LogP contribution is 2.54. The van der Waals surface area contributed by atoms with Gasteiger partial charge in [-0.2, -0.15) is 4.39 Å². The quantitative estimate of drug-likeness (QED) is 0.789. The van der Waals surface area contributed by atoms with Crippen molar-refractivity contribution in [3.8, 4) is 11.5 Å². The maximum absolute atomic E-state index is 13.9. The van der Waals surface area contributed by atoms with Crippen LogP contribution in [0.15, 0.2) is 36.1 Å². The van der Waals surface area contributed by atoms with Gasteiger partial charge < -0.3 is 14.6 Å². The van der Waals surface area contributed by atoms with Gasteiger partial charge in [-0.15, -0.1) is 0 Å². The number of carbonyl (C=O) groups excluding carboxylic acids is 1. The van der Waals surface area contributed by atoms with Crippen LogP contribution in [-0.2, 0) is 9.53 Å². The summed E-state index contributed by atoms with van der Waals surface area (Å²) in [6.45, 7) is 3.62. The summed E-state index contributed by atoms with van der Waals surface area (Å²) >= 11 is 0. The number of rotatable bonds is 3. The Morgan fingerprint density at radius 2 is 1.72 bits per heavy atom. The van der Waals surface area contributed by atoms with Crippen LogP contribution in [0.3, 0.4) is 0 Å². The second kappa shape index (κ2) is 6.39. The number of hydrogen-bond acceptors (Lipinski definition) is 4. The lowest BCUT2D eigenvalue weighted by Gasteiger charge is -2.19. The van der Waals surface area contributed by atoms with Crippen molar-refractivity contribution in [2.45, 2.75) is 38.9 Å². The molecule has 2 heterocycles. The first-order valence-corrected chi connectivity index (χ1v) is 9.73. The Balaban J connectivity index is 1.52. The molecule has 6 heteroatoms. The summed E-state index contributed by atoms with van der Waals surface area (Å²) in [6, 6.07) is 7.08. The summed E-state index contributed by atoms with van der Waals surface area (Å²) < 4.78 is 38.7. The number of halogens is 2. The topological polar surface area (TPSA) is 55.8 Å². The smallest absolute Gasteiger partial charge is 0.201 e. The van der Waals surface area contributed by atoms with E-state index in [1.165, 1.54) is 12.1 Å². The number of ether oxygens (including phenoxy) is 2. The Morgan fingerprint density at radius 1 is 1.07 bits per heavy atom. The van der Waals surface area contributed by atoms with Crippen molar-refractivity contribution in [1.82, 2.24) is 0 Å². The van der Waals surface area contributed by atoms with Crippen LogP contribution >= 0.6 is 0 Å². The van der Waals surface area contributed by atoms with Crippen LogP contribution in [0.5, 0.6) is 11.5 Å². The molecular formula is C23H20F2O4. The van der Waals surface area contributed by atoms with Gasteiger partial charge in [-0.1, -0.05) is 6.07 Å². The van der Waals surface area contributed by atoms with Gasteiger partial charge in [-0.25, -0.2) is 4.39 Å². The number of ketones is 1. The van der Waals surface area contributed by atoms with Crippen molar-refractivity contribution in [3.05, 3.63) is 64.4 Å². The lowest BCUT2D eigenvalue weighted by Crippen LogP contribution is -2.29. The second-order valence-electron chi connectivity index (χ2n) is 8.05. The predicted molar refractivity (Wildman–Crippen MR) is 102 cm³/mol. The van der Waals surface area contributed by atoms with E-state index in [0.29, 0.717) is 16.9 Å². The molecule has 1 N–H and O–H groups in total. The molecule has 0 aromatic heterocycles. The number of allylic oxidation sites excluding steroid dienone is 1. The van der Waals surface area contributed by atoms with E-state index in [1.807, 2.05) is 13.8 Å². The molecular weight excluding hydrogens is 378 g/mol. The van der Waals surface area contributed by atoms with Crippen molar-refractivity contribution in [3.63, 3.8) is 0 Å². The number of hydrogen-bond donors (Lipinski definition) is 1. The molecule has 3 aliphatic rings. The van der Waals surface area contributed by atoms with Crippen LogP contribution in [0.4, 0.5) is 8.78 Å². The largest absolute Gasteiger partial charge is 0.511 e. The molecule has 1 aliphatic carbocycles. The fourth-order valence-electron chi connectivity index (χ4n) is 5.14. The number of carbonyl (C=O) groups is 1. The predicted octanol–water partition coefficient (Wildman–Crippen LogP) is 5.02. The number of aliphatic hydroxyl groups excluding tert-OH is 1. The number of Topliss-reactive ketones (excluding diaryl/α,β-unsaturated/α-hetero) is 1. The van der Waals surface area contributed by atoms with Crippen molar-refractivity contribution in [1.29, 1.82) is 0 Å². The van der Waals surface area contributed by atoms with Gasteiger partial charge in [0, 0.05) is 0 Å².